The summed E-state index contributed by atoms with van der Waals surface area (Å²) >= 11 is 13.7. The van der Waals surface area contributed by atoms with E-state index >= 15 is 0 Å². The highest BCUT2D eigenvalue weighted by atomic mass is 79.9. The molecule has 6 aliphatic heterocycles. The Morgan fingerprint density at radius 2 is 0.650 bits per heavy atom. The summed E-state index contributed by atoms with van der Waals surface area (Å²) in [5.41, 5.74) is 0.807. The maximum Gasteiger partial charge on any atom is 0.504 e. The molecular formula is C88H136B4Br2F2N2O14S5. The Kier molecular flexibility index (Phi) is 38.6. The van der Waals surface area contributed by atoms with Crippen LogP contribution in [0.5, 0.6) is 11.5 Å². The van der Waals surface area contributed by atoms with E-state index in [0.29, 0.717) is 75.7 Å². The van der Waals surface area contributed by atoms with Crippen LogP contribution in [0.2, 0.25) is 0 Å². The molecule has 29 heteroatoms. The summed E-state index contributed by atoms with van der Waals surface area (Å²) < 4.78 is 103. The topological polar surface area (TPSA) is 199 Å². The predicted octanol–water partition coefficient (Wildman–Crippen LogP) is 21.7. The zero-order chi connectivity index (χ0) is 84.0. The third-order valence-corrected chi connectivity index (χ3v) is 31.3. The van der Waals surface area contributed by atoms with Gasteiger partial charge in [0, 0.05) is 105 Å². The number of aliphatic hydroxyl groups excluding tert-OH is 4. The number of hydrogen-bond acceptors (Lipinski definition) is 21. The SMILES string of the molecule is CC(C)CCCC(C)CCC1(CCC(C)CCCC(C)C)Oc2cc(B3OCC(C)(CO)CO3)sc2-c2sc(B3OCC(C)(CO)CO3)cc21.CCCCCCCCCCCCC1(CCCCCCCCCCCC)Oc2cc(B3OCC(C)(CO)CO3)sc2-c2sc(B3OCC(C)(CO)CO3)cc21.Fc1c(F)c(Br)c2nsnc2c1Br. The van der Waals surface area contributed by atoms with E-state index in [4.69, 9.17) is 46.7 Å². The van der Waals surface area contributed by atoms with Crippen molar-refractivity contribution in [3.8, 4) is 31.0 Å². The van der Waals surface area contributed by atoms with Crippen molar-refractivity contribution in [3.05, 3.63) is 56.0 Å². The Morgan fingerprint density at radius 1 is 0.376 bits per heavy atom. The standard InChI is InChI=1S/C43H72B2O7S2.C39H64B2O7S2.C6Br2F2N2S/c1-5-7-9-11-13-15-17-19-21-23-25-43(26-24-22-20-18-16-14-12-10-8-6-2)35-27-37(44-48-31-41(3,29-46)32-49-44)53-39(35)40-36(52-43)28-38(54-40)45-50-33-42(4,30-47)34-51-45;1-27(2)11-9-13-29(5)15-17-39(18-16-30(6)14-10-12-28(3)4)31-19-33(40-44-23-37(7,21-42)24-45-40)49-35(31)36-32(48-39)20-34(50-36)41-46-25-38(8,22-43)26-47-41;7-1-3(9)4(10)2(8)6-5(1)11-13-12-6/h27-28,46-47H,5-26,29-34H2,1-4H3;19-20,27-30,42-43H,9-18,21-26H2,1-8H3;. The number of aliphatic hydroxyl groups is 4. The van der Waals surface area contributed by atoms with Gasteiger partial charge in [-0.1, -0.05) is 237 Å². The van der Waals surface area contributed by atoms with E-state index in [1.165, 1.54) is 175 Å². The molecule has 11 heterocycles. The van der Waals surface area contributed by atoms with Crippen molar-refractivity contribution in [1.29, 1.82) is 0 Å². The summed E-state index contributed by atoms with van der Waals surface area (Å²) in [5.74, 6) is 2.66. The number of aromatic nitrogens is 2. The lowest BCUT2D eigenvalue weighted by atomic mass is 9.76. The van der Waals surface area contributed by atoms with Crippen LogP contribution < -0.4 is 28.6 Å². The monoisotopic (exact) mass is 1840 g/mol. The van der Waals surface area contributed by atoms with E-state index in [1.807, 2.05) is 27.7 Å². The number of ether oxygens (including phenoxy) is 2. The van der Waals surface area contributed by atoms with Crippen LogP contribution in [0.25, 0.3) is 30.5 Å². The summed E-state index contributed by atoms with van der Waals surface area (Å²) in [6.07, 6.45) is 40.0. The molecule has 117 heavy (non-hydrogen) atoms. The molecule has 0 radical (unpaired) electrons. The summed E-state index contributed by atoms with van der Waals surface area (Å²) in [6, 6.07) is 8.98. The second-order valence-electron chi connectivity index (χ2n) is 37.4. The Bertz CT molecular complexity index is 3860. The minimum Gasteiger partial charge on any atom is -0.481 e. The minimum absolute atomic E-state index is 0.0111. The fourth-order valence-corrected chi connectivity index (χ4v) is 23.0. The number of nitrogens with zero attached hydrogens (tertiary/aromatic N) is 2. The van der Waals surface area contributed by atoms with E-state index in [1.54, 1.807) is 45.3 Å². The van der Waals surface area contributed by atoms with Crippen LogP contribution in [0.15, 0.2) is 33.2 Å². The van der Waals surface area contributed by atoms with Crippen molar-refractivity contribution < 1.29 is 75.9 Å². The fourth-order valence-electron chi connectivity index (χ4n) is 16.3. The molecule has 0 amide bonds. The van der Waals surface area contributed by atoms with Crippen molar-refractivity contribution >= 4 is 148 Å². The van der Waals surface area contributed by atoms with Crippen molar-refractivity contribution in [2.45, 2.75) is 300 Å². The van der Waals surface area contributed by atoms with Crippen molar-refractivity contribution in [1.82, 2.24) is 8.75 Å². The zero-order valence-corrected chi connectivity index (χ0v) is 79.6. The second kappa shape index (κ2) is 46.5. The molecule has 0 saturated carbocycles. The molecular weight excluding hydrogens is 1710 g/mol. The van der Waals surface area contributed by atoms with Gasteiger partial charge in [-0.2, -0.15) is 8.75 Å². The number of fused-ring (bicyclic) bond motifs is 7. The average molecular weight is 1850 g/mol. The molecule has 4 N–H and O–H groups in total. The first kappa shape index (κ1) is 97.2. The lowest BCUT2D eigenvalue weighted by Gasteiger charge is -2.39. The van der Waals surface area contributed by atoms with E-state index in [9.17, 15) is 29.2 Å². The molecule has 12 rings (SSSR count). The van der Waals surface area contributed by atoms with E-state index in [2.05, 4.69) is 120 Å². The van der Waals surface area contributed by atoms with E-state index in [0.717, 1.165) is 115 Å². The third kappa shape index (κ3) is 26.6. The Morgan fingerprint density at radius 3 is 0.940 bits per heavy atom. The number of rotatable bonds is 44. The van der Waals surface area contributed by atoms with Crippen molar-refractivity contribution in [3.63, 3.8) is 0 Å². The van der Waals surface area contributed by atoms with Gasteiger partial charge in [0.1, 0.15) is 33.7 Å². The third-order valence-electron chi connectivity index (χ3n) is 24.5. The van der Waals surface area contributed by atoms with Crippen LogP contribution in [0.4, 0.5) is 8.78 Å². The number of unbranched alkanes of at least 4 members (excludes halogenated alkanes) is 18. The van der Waals surface area contributed by atoms with Crippen LogP contribution in [0, 0.1) is 57.0 Å². The van der Waals surface area contributed by atoms with E-state index < -0.39 is 56.7 Å². The minimum atomic E-state index is -0.952. The number of thiophene rings is 4. The molecule has 5 aromatic heterocycles. The van der Waals surface area contributed by atoms with Gasteiger partial charge in [0.15, 0.2) is 11.6 Å². The zero-order valence-electron chi connectivity index (χ0n) is 72.4. The van der Waals surface area contributed by atoms with Gasteiger partial charge < -0.3 is 67.1 Å². The molecule has 2 atom stereocenters. The van der Waals surface area contributed by atoms with Gasteiger partial charge in [0.05, 0.1) is 66.6 Å². The summed E-state index contributed by atoms with van der Waals surface area (Å²) in [5, 5.41) is 39.7. The molecule has 0 spiro atoms. The first-order chi connectivity index (χ1) is 56.2. The van der Waals surface area contributed by atoms with E-state index in [-0.39, 0.29) is 51.6 Å². The van der Waals surface area contributed by atoms with Gasteiger partial charge in [-0.15, -0.1) is 45.3 Å². The van der Waals surface area contributed by atoms with Gasteiger partial charge in [-0.25, -0.2) is 8.78 Å². The first-order valence-corrected chi connectivity index (χ1v) is 50.0. The first-order valence-electron chi connectivity index (χ1n) is 44.4. The predicted molar refractivity (Wildman–Crippen MR) is 490 cm³/mol. The van der Waals surface area contributed by atoms with Gasteiger partial charge in [-0.3, -0.25) is 0 Å². The molecule has 1 aromatic carbocycles. The lowest BCUT2D eigenvalue weighted by Crippen LogP contribution is -2.49. The largest absolute Gasteiger partial charge is 0.504 e. The van der Waals surface area contributed by atoms with Crippen LogP contribution in [0.3, 0.4) is 0 Å². The lowest BCUT2D eigenvalue weighted by molar-refractivity contribution is -0.0145. The molecule has 2 unspecified atom stereocenters. The fraction of sp³-hybridized carbons (Fsp3) is 0.750. The van der Waals surface area contributed by atoms with Gasteiger partial charge in [-0.05, 0) is 131 Å². The summed E-state index contributed by atoms with van der Waals surface area (Å²) in [7, 11) is -1.85. The van der Waals surface area contributed by atoms with Gasteiger partial charge in [0.25, 0.3) is 0 Å². The second-order valence-corrected chi connectivity index (χ2v) is 43.8. The highest BCUT2D eigenvalue weighted by Gasteiger charge is 2.50. The summed E-state index contributed by atoms with van der Waals surface area (Å²) in [4.78, 5) is 4.77. The number of benzene rings is 1. The molecule has 0 bridgehead atoms. The summed E-state index contributed by atoms with van der Waals surface area (Å²) in [6.45, 7) is 30.5. The molecule has 4 fully saturated rings. The average Bonchev–Trinajstić information content (AvgIpc) is 1.58. The molecule has 4 saturated heterocycles. The normalized spacial score (nSPS) is 19.6. The maximum absolute atomic E-state index is 13.1. The number of hydrogen-bond donors (Lipinski definition) is 4. The highest BCUT2D eigenvalue weighted by molar-refractivity contribution is 9.11. The molecule has 16 nitrogen and oxygen atoms in total. The van der Waals surface area contributed by atoms with Crippen LogP contribution in [0.1, 0.15) is 300 Å². The van der Waals surface area contributed by atoms with Gasteiger partial charge >= 0.3 is 28.5 Å². The Labute approximate surface area is 737 Å². The molecule has 0 aliphatic carbocycles. The van der Waals surface area contributed by atoms with Crippen molar-refractivity contribution in [2.75, 3.05) is 79.3 Å². The Balaban J connectivity index is 0.000000213. The quantitative estimate of drug-likeness (QED) is 0.0122. The number of halogens is 4. The molecule has 6 aliphatic rings. The molecule has 652 valence electrons. The molecule has 6 aromatic rings. The van der Waals surface area contributed by atoms with Crippen molar-refractivity contribution in [2.24, 2.45) is 45.3 Å². The van der Waals surface area contributed by atoms with Crippen LogP contribution in [-0.2, 0) is 48.4 Å². The van der Waals surface area contributed by atoms with Crippen LogP contribution >= 0.6 is 88.9 Å². The van der Waals surface area contributed by atoms with Crippen LogP contribution in [-0.4, -0.2) is 137 Å². The highest BCUT2D eigenvalue weighted by Crippen LogP contribution is 2.56. The maximum atomic E-state index is 13.1. The smallest absolute Gasteiger partial charge is 0.481 e. The Hall–Kier alpha value is -1.96. The van der Waals surface area contributed by atoms with Gasteiger partial charge in [0.2, 0.25) is 0 Å².